The molecule has 0 atom stereocenters. The molecule has 9 heteroatoms. The lowest BCUT2D eigenvalue weighted by molar-refractivity contribution is -0.115. The third-order valence-electron chi connectivity index (χ3n) is 4.38. The number of halogens is 1. The molecule has 2 amide bonds. The molecule has 0 saturated heterocycles. The number of fused-ring (bicyclic) bond motifs is 1. The molecule has 2 aromatic carbocycles. The molecule has 2 aromatic heterocycles. The molecule has 4 aromatic rings. The van der Waals surface area contributed by atoms with Crippen molar-refractivity contribution in [1.29, 1.82) is 0 Å². The molecule has 4 rings (SSSR count). The van der Waals surface area contributed by atoms with Crippen LogP contribution in [-0.2, 0) is 10.5 Å². The van der Waals surface area contributed by atoms with Crippen molar-refractivity contribution in [3.05, 3.63) is 76.0 Å². The first kappa shape index (κ1) is 21.4. The predicted octanol–water partition coefficient (Wildman–Crippen LogP) is 5.51. The summed E-state index contributed by atoms with van der Waals surface area (Å²) < 4.78 is 6.76. The fourth-order valence-electron chi connectivity index (χ4n) is 2.94. The highest BCUT2D eigenvalue weighted by atomic mass is 35.5. The zero-order valence-corrected chi connectivity index (χ0v) is 18.9. The minimum absolute atomic E-state index is 0.184. The maximum Gasteiger partial charge on any atom is 0.287 e. The summed E-state index contributed by atoms with van der Waals surface area (Å²) in [5, 5.41) is 8.79. The van der Waals surface area contributed by atoms with Gasteiger partial charge in [0.1, 0.15) is 9.92 Å². The summed E-state index contributed by atoms with van der Waals surface area (Å²) >= 11 is 8.96. The topological polar surface area (TPSA) is 84.2 Å². The van der Waals surface area contributed by atoms with E-state index in [0.717, 1.165) is 21.0 Å². The van der Waals surface area contributed by atoms with E-state index in [1.54, 1.807) is 47.4 Å². The molecule has 0 unspecified atom stereocenters. The fourth-order valence-corrected chi connectivity index (χ4v) is 4.94. The highest BCUT2D eigenvalue weighted by molar-refractivity contribution is 8.00. The molecular formula is C22H18ClN3O3S2. The Hall–Kier alpha value is -2.81. The average Bonchev–Trinajstić information content (AvgIpc) is 3.35. The van der Waals surface area contributed by atoms with E-state index in [9.17, 15) is 9.59 Å². The second-order valence-electron chi connectivity index (χ2n) is 6.69. The Morgan fingerprint density at radius 3 is 2.68 bits per heavy atom. The molecule has 0 spiro atoms. The molecule has 2 heterocycles. The summed E-state index contributed by atoms with van der Waals surface area (Å²) in [6.45, 7) is 1.76. The average molecular weight is 472 g/mol. The number of anilines is 1. The summed E-state index contributed by atoms with van der Waals surface area (Å²) in [4.78, 5) is 29.5. The SMILES string of the molecule is Cc1csc(SCc2c(C(=O)NCC(=O)Nc3ccc(Cl)cc3)oc3ccccc23)n1. The number of hydrogen-bond donors (Lipinski definition) is 2. The van der Waals surface area contributed by atoms with Gasteiger partial charge >= 0.3 is 0 Å². The Bertz CT molecular complexity index is 1230. The van der Waals surface area contributed by atoms with Crippen molar-refractivity contribution >= 4 is 63.2 Å². The molecular weight excluding hydrogens is 454 g/mol. The number of nitrogens with zero attached hydrogens (tertiary/aromatic N) is 1. The summed E-state index contributed by atoms with van der Waals surface area (Å²) in [5.41, 5.74) is 2.98. The first-order valence-corrected chi connectivity index (χ1v) is 11.6. The lowest BCUT2D eigenvalue weighted by Crippen LogP contribution is -2.33. The Kier molecular flexibility index (Phi) is 6.60. The van der Waals surface area contributed by atoms with Crippen LogP contribution in [0.25, 0.3) is 11.0 Å². The molecule has 0 aliphatic rings. The number of nitrogens with one attached hydrogen (secondary N) is 2. The number of para-hydroxylation sites is 1. The number of aromatic nitrogens is 1. The minimum Gasteiger partial charge on any atom is -0.451 e. The van der Waals surface area contributed by atoms with E-state index in [0.29, 0.717) is 22.0 Å². The van der Waals surface area contributed by atoms with Crippen LogP contribution in [0.1, 0.15) is 21.8 Å². The molecule has 0 aliphatic carbocycles. The lowest BCUT2D eigenvalue weighted by Gasteiger charge is -2.07. The van der Waals surface area contributed by atoms with Gasteiger partial charge < -0.3 is 15.1 Å². The zero-order chi connectivity index (χ0) is 21.8. The molecule has 0 radical (unpaired) electrons. The largest absolute Gasteiger partial charge is 0.451 e. The maximum absolute atomic E-state index is 12.8. The number of thioether (sulfide) groups is 1. The van der Waals surface area contributed by atoms with Gasteiger partial charge in [0.05, 0.1) is 6.54 Å². The van der Waals surface area contributed by atoms with Gasteiger partial charge in [0, 0.05) is 38.5 Å². The number of carbonyl (C=O) groups is 2. The Morgan fingerprint density at radius 1 is 1.16 bits per heavy atom. The van der Waals surface area contributed by atoms with Crippen LogP contribution in [0.2, 0.25) is 5.02 Å². The van der Waals surface area contributed by atoms with Crippen molar-refractivity contribution in [2.24, 2.45) is 0 Å². The lowest BCUT2D eigenvalue weighted by atomic mass is 10.1. The maximum atomic E-state index is 12.8. The highest BCUT2D eigenvalue weighted by Crippen LogP contribution is 2.33. The van der Waals surface area contributed by atoms with Crippen LogP contribution in [0, 0.1) is 6.92 Å². The van der Waals surface area contributed by atoms with E-state index < -0.39 is 5.91 Å². The van der Waals surface area contributed by atoms with Gasteiger partial charge in [-0.1, -0.05) is 41.6 Å². The van der Waals surface area contributed by atoms with Crippen LogP contribution in [0.15, 0.2) is 62.7 Å². The molecule has 31 heavy (non-hydrogen) atoms. The number of aryl methyl sites for hydroxylation is 1. The van der Waals surface area contributed by atoms with E-state index in [-0.39, 0.29) is 18.2 Å². The molecule has 0 fully saturated rings. The molecule has 0 bridgehead atoms. The number of amides is 2. The third-order valence-corrected chi connectivity index (χ3v) is 6.80. The minimum atomic E-state index is -0.437. The first-order valence-electron chi connectivity index (χ1n) is 9.38. The standard InChI is InChI=1S/C22H18ClN3O3S2/c1-13-11-30-22(25-13)31-12-17-16-4-2-3-5-18(16)29-20(17)21(28)24-10-19(27)26-15-8-6-14(23)7-9-15/h2-9,11H,10,12H2,1H3,(H,24,28)(H,26,27). The van der Waals surface area contributed by atoms with Crippen LogP contribution in [-0.4, -0.2) is 23.3 Å². The first-order chi connectivity index (χ1) is 15.0. The Balaban J connectivity index is 1.46. The number of hydrogen-bond acceptors (Lipinski definition) is 6. The highest BCUT2D eigenvalue weighted by Gasteiger charge is 2.21. The van der Waals surface area contributed by atoms with Crippen LogP contribution < -0.4 is 10.6 Å². The second kappa shape index (κ2) is 9.55. The predicted molar refractivity (Wildman–Crippen MR) is 125 cm³/mol. The summed E-state index contributed by atoms with van der Waals surface area (Å²) in [7, 11) is 0. The van der Waals surface area contributed by atoms with Gasteiger partial charge in [-0.2, -0.15) is 0 Å². The van der Waals surface area contributed by atoms with E-state index >= 15 is 0 Å². The van der Waals surface area contributed by atoms with E-state index in [2.05, 4.69) is 15.6 Å². The van der Waals surface area contributed by atoms with Crippen molar-refractivity contribution in [2.45, 2.75) is 17.0 Å². The summed E-state index contributed by atoms with van der Waals surface area (Å²) in [6, 6.07) is 14.2. The van der Waals surface area contributed by atoms with Gasteiger partial charge in [-0.15, -0.1) is 11.3 Å². The molecule has 2 N–H and O–H groups in total. The number of carbonyl (C=O) groups excluding carboxylic acids is 2. The van der Waals surface area contributed by atoms with Crippen molar-refractivity contribution < 1.29 is 14.0 Å². The number of thiazole rings is 1. The van der Waals surface area contributed by atoms with Crippen molar-refractivity contribution in [3.8, 4) is 0 Å². The van der Waals surface area contributed by atoms with E-state index in [1.807, 2.05) is 36.6 Å². The quantitative estimate of drug-likeness (QED) is 0.347. The van der Waals surface area contributed by atoms with Gasteiger partial charge in [0.25, 0.3) is 5.91 Å². The molecule has 0 aliphatic heterocycles. The monoisotopic (exact) mass is 471 g/mol. The molecule has 0 saturated carbocycles. The van der Waals surface area contributed by atoms with Crippen molar-refractivity contribution in [1.82, 2.24) is 10.3 Å². The van der Waals surface area contributed by atoms with Gasteiger partial charge in [-0.3, -0.25) is 9.59 Å². The molecule has 6 nitrogen and oxygen atoms in total. The summed E-state index contributed by atoms with van der Waals surface area (Å²) in [5.74, 6) is -0.0421. The Labute approximate surface area is 192 Å². The number of rotatable bonds is 7. The van der Waals surface area contributed by atoms with E-state index in [1.165, 1.54) is 0 Å². The van der Waals surface area contributed by atoms with Crippen LogP contribution in [0.5, 0.6) is 0 Å². The third kappa shape index (κ3) is 5.28. The van der Waals surface area contributed by atoms with Crippen LogP contribution >= 0.6 is 34.7 Å². The smallest absolute Gasteiger partial charge is 0.287 e. The number of furan rings is 1. The van der Waals surface area contributed by atoms with Gasteiger partial charge in [-0.25, -0.2) is 4.98 Å². The van der Waals surface area contributed by atoms with Crippen molar-refractivity contribution in [2.75, 3.05) is 11.9 Å². The summed E-state index contributed by atoms with van der Waals surface area (Å²) in [6.07, 6.45) is 0. The normalized spacial score (nSPS) is 10.9. The fraction of sp³-hybridized carbons (Fsp3) is 0.136. The van der Waals surface area contributed by atoms with Crippen LogP contribution in [0.3, 0.4) is 0 Å². The van der Waals surface area contributed by atoms with Crippen molar-refractivity contribution in [3.63, 3.8) is 0 Å². The van der Waals surface area contributed by atoms with Crippen LogP contribution in [0.4, 0.5) is 5.69 Å². The molecule has 158 valence electrons. The Morgan fingerprint density at radius 2 is 1.94 bits per heavy atom. The van der Waals surface area contributed by atoms with Gasteiger partial charge in [0.15, 0.2) is 5.76 Å². The van der Waals surface area contributed by atoms with Gasteiger partial charge in [-0.05, 0) is 37.3 Å². The number of benzene rings is 2. The second-order valence-corrected chi connectivity index (χ2v) is 9.20. The zero-order valence-electron chi connectivity index (χ0n) is 16.5. The van der Waals surface area contributed by atoms with E-state index in [4.69, 9.17) is 16.0 Å². The van der Waals surface area contributed by atoms with Gasteiger partial charge in [0.2, 0.25) is 5.91 Å².